The van der Waals surface area contributed by atoms with Gasteiger partial charge in [0.2, 0.25) is 0 Å². The fourth-order valence-corrected chi connectivity index (χ4v) is 12.7. The molecule has 9 aromatic carbocycles. The first-order valence-corrected chi connectivity index (χ1v) is 25.4. The van der Waals surface area contributed by atoms with Gasteiger partial charge in [-0.15, -0.1) is 0 Å². The molecule has 342 valence electrons. The highest BCUT2D eigenvalue weighted by atomic mass is 16.3. The molecule has 14 rings (SSSR count). The van der Waals surface area contributed by atoms with Crippen molar-refractivity contribution in [2.24, 2.45) is 0 Å². The van der Waals surface area contributed by atoms with E-state index in [1.807, 2.05) is 0 Å². The molecule has 0 amide bonds. The molecule has 0 fully saturated rings. The van der Waals surface area contributed by atoms with Crippen molar-refractivity contribution in [2.45, 2.75) is 58.4 Å². The summed E-state index contributed by atoms with van der Waals surface area (Å²) in [6.45, 7) is 13.2. The van der Waals surface area contributed by atoms with Crippen LogP contribution >= 0.6 is 0 Å². The monoisotopic (exact) mass is 915 g/mol. The Labute approximate surface area is 416 Å². The maximum atomic E-state index is 7.10. The molecule has 0 saturated heterocycles. The SMILES string of the molecule is CC(C)(C)c1ccc(CN2c3cc(CCN(c4ccccc4)c4ccccc4)cc4c3B(c3ccc5c(c32)-c2ccccc2C5(C)C)n2c3oc5ccccc5c3c3cccc-4c32)c(-c2ccccc2)c1. The minimum Gasteiger partial charge on any atom is -0.441 e. The van der Waals surface area contributed by atoms with E-state index in [0.717, 1.165) is 29.6 Å². The first-order valence-electron chi connectivity index (χ1n) is 25.4. The number of hydrogen-bond acceptors (Lipinski definition) is 3. The second-order valence-corrected chi connectivity index (χ2v) is 21.6. The first kappa shape index (κ1) is 41.9. The summed E-state index contributed by atoms with van der Waals surface area (Å²) in [5, 5.41) is 3.59. The van der Waals surface area contributed by atoms with Crippen molar-refractivity contribution in [3.05, 3.63) is 228 Å². The van der Waals surface area contributed by atoms with Gasteiger partial charge < -0.3 is 18.7 Å². The third kappa shape index (κ3) is 6.24. The zero-order chi connectivity index (χ0) is 47.8. The van der Waals surface area contributed by atoms with E-state index in [2.05, 4.69) is 249 Å². The van der Waals surface area contributed by atoms with Crippen molar-refractivity contribution in [1.29, 1.82) is 0 Å². The third-order valence-electron chi connectivity index (χ3n) is 16.1. The number of benzene rings is 9. The number of furan rings is 1. The van der Waals surface area contributed by atoms with Crippen molar-refractivity contribution in [2.75, 3.05) is 16.3 Å². The van der Waals surface area contributed by atoms with Crippen LogP contribution in [-0.2, 0) is 23.8 Å². The van der Waals surface area contributed by atoms with Crippen LogP contribution in [0.25, 0.3) is 66.4 Å². The molecule has 2 aromatic heterocycles. The molecule has 0 saturated carbocycles. The summed E-state index contributed by atoms with van der Waals surface area (Å²) in [6.07, 6.45) is 0.845. The third-order valence-corrected chi connectivity index (χ3v) is 16.1. The van der Waals surface area contributed by atoms with Crippen molar-refractivity contribution in [1.82, 2.24) is 4.48 Å². The molecule has 3 aliphatic rings. The summed E-state index contributed by atoms with van der Waals surface area (Å²) in [5.74, 6) is 0. The summed E-state index contributed by atoms with van der Waals surface area (Å²) >= 11 is 0. The van der Waals surface area contributed by atoms with Gasteiger partial charge in [0.05, 0.1) is 5.39 Å². The molecule has 4 heterocycles. The topological polar surface area (TPSA) is 24.6 Å². The van der Waals surface area contributed by atoms with E-state index in [9.17, 15) is 0 Å². The smallest absolute Gasteiger partial charge is 0.336 e. The largest absolute Gasteiger partial charge is 0.441 e. The van der Waals surface area contributed by atoms with Crippen molar-refractivity contribution < 1.29 is 4.42 Å². The van der Waals surface area contributed by atoms with Gasteiger partial charge in [-0.3, -0.25) is 0 Å². The Morgan fingerprint density at radius 2 is 1.27 bits per heavy atom. The summed E-state index contributed by atoms with van der Waals surface area (Å²) in [4.78, 5) is 5.21. The van der Waals surface area contributed by atoms with Gasteiger partial charge in [0.1, 0.15) is 5.58 Å². The molecule has 0 N–H and O–H groups in total. The van der Waals surface area contributed by atoms with Gasteiger partial charge in [-0.2, -0.15) is 0 Å². The van der Waals surface area contributed by atoms with Crippen molar-refractivity contribution in [3.63, 3.8) is 0 Å². The van der Waals surface area contributed by atoms with Crippen LogP contribution in [0.15, 0.2) is 205 Å². The van der Waals surface area contributed by atoms with E-state index < -0.39 is 0 Å². The molecule has 2 aliphatic heterocycles. The normalized spacial score (nSPS) is 13.9. The van der Waals surface area contributed by atoms with E-state index in [1.54, 1.807) is 0 Å². The number of para-hydroxylation sites is 4. The Kier molecular flexibility index (Phi) is 9.15. The molecule has 0 radical (unpaired) electrons. The molecular formula is C66H54BN3O. The van der Waals surface area contributed by atoms with E-state index in [-0.39, 0.29) is 17.7 Å². The van der Waals surface area contributed by atoms with Gasteiger partial charge in [-0.05, 0) is 109 Å². The quantitative estimate of drug-likeness (QED) is 0.142. The van der Waals surface area contributed by atoms with Crippen LogP contribution in [0.4, 0.5) is 22.7 Å². The summed E-state index contributed by atoms with van der Waals surface area (Å²) < 4.78 is 9.68. The Morgan fingerprint density at radius 3 is 2.03 bits per heavy atom. The Bertz CT molecular complexity index is 3890. The van der Waals surface area contributed by atoms with Crippen LogP contribution in [0.3, 0.4) is 0 Å². The van der Waals surface area contributed by atoms with E-state index in [1.165, 1.54) is 111 Å². The fourth-order valence-electron chi connectivity index (χ4n) is 12.7. The van der Waals surface area contributed by atoms with E-state index in [4.69, 9.17) is 4.42 Å². The standard InChI is InChI=1S/C66H54BN3O/c1-65(2,3)45-33-32-44(52(40-45)43-20-9-6-10-21-43)41-69-57-39-42(36-37-68(46-22-11-7-12-23-46)47-24-13-8-14-25-47)38-53-48-28-19-29-51-59-50-27-16-18-31-58(50)71-64(59)70(62(48)51)67(61(53)57)56-35-34-55-60(63(56)69)49-26-15-17-30-54(49)66(55,4)5/h6-35,38-40H,36-37,41H2,1-5H3. The van der Waals surface area contributed by atoms with Crippen molar-refractivity contribution >= 4 is 73.5 Å². The summed E-state index contributed by atoms with van der Waals surface area (Å²) in [5.41, 5.74) is 24.9. The van der Waals surface area contributed by atoms with Crippen LogP contribution in [0.5, 0.6) is 0 Å². The maximum absolute atomic E-state index is 7.10. The molecule has 0 bridgehead atoms. The second-order valence-electron chi connectivity index (χ2n) is 21.6. The molecule has 5 heteroatoms. The lowest BCUT2D eigenvalue weighted by molar-refractivity contribution is 0.590. The number of aromatic nitrogens is 1. The average molecular weight is 916 g/mol. The maximum Gasteiger partial charge on any atom is 0.336 e. The second kappa shape index (κ2) is 15.5. The van der Waals surface area contributed by atoms with Gasteiger partial charge in [-0.1, -0.05) is 198 Å². The zero-order valence-corrected chi connectivity index (χ0v) is 41.0. The molecule has 4 nitrogen and oxygen atoms in total. The molecule has 71 heavy (non-hydrogen) atoms. The Morgan fingerprint density at radius 1 is 0.592 bits per heavy atom. The van der Waals surface area contributed by atoms with Crippen LogP contribution in [0.1, 0.15) is 62.4 Å². The van der Waals surface area contributed by atoms with E-state index >= 15 is 0 Å². The van der Waals surface area contributed by atoms with Crippen LogP contribution in [0, 0.1) is 0 Å². The van der Waals surface area contributed by atoms with Gasteiger partial charge in [-0.25, -0.2) is 0 Å². The van der Waals surface area contributed by atoms with E-state index in [0.29, 0.717) is 6.54 Å². The zero-order valence-electron chi connectivity index (χ0n) is 41.0. The van der Waals surface area contributed by atoms with Gasteiger partial charge in [0, 0.05) is 68.7 Å². The number of anilines is 4. The molecule has 0 unspecified atom stereocenters. The predicted octanol–water partition coefficient (Wildman–Crippen LogP) is 15.5. The Hall–Kier alpha value is -8.02. The molecule has 0 atom stereocenters. The molecule has 0 spiro atoms. The van der Waals surface area contributed by atoms with Crippen LogP contribution < -0.4 is 20.7 Å². The van der Waals surface area contributed by atoms with Crippen molar-refractivity contribution in [3.8, 4) is 33.4 Å². The van der Waals surface area contributed by atoms with Crippen LogP contribution in [0.2, 0.25) is 0 Å². The average Bonchev–Trinajstić information content (AvgIpc) is 4.01. The number of fused-ring (bicyclic) bond motifs is 13. The number of nitrogens with zero attached hydrogens (tertiary/aromatic N) is 3. The highest BCUT2D eigenvalue weighted by molar-refractivity contribution is 6.90. The molecular weight excluding hydrogens is 862 g/mol. The number of hydrogen-bond donors (Lipinski definition) is 0. The fraction of sp³-hybridized carbons (Fsp3) is 0.152. The lowest BCUT2D eigenvalue weighted by Gasteiger charge is -2.42. The lowest BCUT2D eigenvalue weighted by atomic mass is 9.44. The minimum absolute atomic E-state index is 0.0125. The summed E-state index contributed by atoms with van der Waals surface area (Å²) in [6, 6.07) is 74.8. The molecule has 11 aromatic rings. The predicted molar refractivity (Wildman–Crippen MR) is 299 cm³/mol. The van der Waals surface area contributed by atoms with Gasteiger partial charge >= 0.3 is 6.85 Å². The van der Waals surface area contributed by atoms with Gasteiger partial charge in [0.25, 0.3) is 0 Å². The van der Waals surface area contributed by atoms with Gasteiger partial charge in [0.15, 0.2) is 5.71 Å². The minimum atomic E-state index is -0.187. The highest BCUT2D eigenvalue weighted by Crippen LogP contribution is 2.55. The van der Waals surface area contributed by atoms with Crippen LogP contribution in [-0.4, -0.2) is 17.9 Å². The first-order chi connectivity index (χ1) is 34.6. The molecule has 1 aliphatic carbocycles. The highest BCUT2D eigenvalue weighted by Gasteiger charge is 2.47. The number of rotatable bonds is 8. The lowest BCUT2D eigenvalue weighted by Crippen LogP contribution is -2.57. The summed E-state index contributed by atoms with van der Waals surface area (Å²) in [7, 11) is 0. The Balaban J connectivity index is 1.07.